The van der Waals surface area contributed by atoms with Gasteiger partial charge in [-0.05, 0) is 38.2 Å². The van der Waals surface area contributed by atoms with E-state index in [2.05, 4.69) is 15.2 Å². The van der Waals surface area contributed by atoms with Crippen molar-refractivity contribution in [2.24, 2.45) is 0 Å². The average molecular weight is 416 g/mol. The summed E-state index contributed by atoms with van der Waals surface area (Å²) in [6.45, 7) is 1.79. The Morgan fingerprint density at radius 3 is 2.79 bits per heavy atom. The van der Waals surface area contributed by atoms with Gasteiger partial charge in [0.05, 0.1) is 11.5 Å². The summed E-state index contributed by atoms with van der Waals surface area (Å²) in [5.41, 5.74) is 0.164. The number of ether oxygens (including phenoxy) is 1. The lowest BCUT2D eigenvalue weighted by Gasteiger charge is -2.12. The molecule has 150 valence electrons. The first-order chi connectivity index (χ1) is 14.1. The summed E-state index contributed by atoms with van der Waals surface area (Å²) in [5, 5.41) is 7.72. The molecule has 2 aromatic heterocycles. The number of thioether (sulfide) groups is 1. The van der Waals surface area contributed by atoms with E-state index in [1.165, 1.54) is 29.5 Å². The summed E-state index contributed by atoms with van der Waals surface area (Å²) in [4.78, 5) is 29.6. The third-order valence-electron chi connectivity index (χ3n) is 4.55. The lowest BCUT2D eigenvalue weighted by atomic mass is 9.99. The number of esters is 1. The fraction of sp³-hybridized carbons (Fsp3) is 0.316. The van der Waals surface area contributed by atoms with E-state index in [1.807, 2.05) is 0 Å². The van der Waals surface area contributed by atoms with Gasteiger partial charge in [-0.15, -0.1) is 11.8 Å². The van der Waals surface area contributed by atoms with E-state index < -0.39 is 17.6 Å². The van der Waals surface area contributed by atoms with Gasteiger partial charge in [0, 0.05) is 11.5 Å². The van der Waals surface area contributed by atoms with Crippen molar-refractivity contribution in [1.29, 1.82) is 0 Å². The molecule has 1 aromatic carbocycles. The van der Waals surface area contributed by atoms with Crippen molar-refractivity contribution >= 4 is 23.5 Å². The summed E-state index contributed by atoms with van der Waals surface area (Å²) in [7, 11) is 0. The number of carbonyl (C=O) groups is 2. The predicted octanol–water partition coefficient (Wildman–Crippen LogP) is 3.40. The van der Waals surface area contributed by atoms with E-state index in [-0.39, 0.29) is 39.9 Å². The Hall–Kier alpha value is -3.01. The van der Waals surface area contributed by atoms with Gasteiger partial charge in [-0.3, -0.25) is 4.79 Å². The fourth-order valence-corrected chi connectivity index (χ4v) is 3.72. The van der Waals surface area contributed by atoms with Gasteiger partial charge >= 0.3 is 5.97 Å². The maximum atomic E-state index is 15.2. The number of ketones is 1. The molecule has 0 aliphatic heterocycles. The van der Waals surface area contributed by atoms with Crippen LogP contribution in [0.5, 0.6) is 0 Å². The molecular weight excluding hydrogens is 399 g/mol. The second-order valence-corrected chi connectivity index (χ2v) is 7.23. The highest BCUT2D eigenvalue weighted by atomic mass is 32.2. The third-order valence-corrected chi connectivity index (χ3v) is 5.36. The normalized spacial score (nSPS) is 13.5. The van der Waals surface area contributed by atoms with Crippen LogP contribution in [0.25, 0.3) is 5.69 Å². The Kier molecular flexibility index (Phi) is 5.18. The van der Waals surface area contributed by atoms with Crippen LogP contribution >= 0.6 is 11.8 Å². The molecule has 0 bridgehead atoms. The Morgan fingerprint density at radius 1 is 1.38 bits per heavy atom. The minimum atomic E-state index is -0.739. The fourth-order valence-electron chi connectivity index (χ4n) is 3.05. The summed E-state index contributed by atoms with van der Waals surface area (Å²) >= 11 is 1.09. The number of nitrogens with zero attached hydrogens (tertiary/aromatic N) is 4. The van der Waals surface area contributed by atoms with Crippen molar-refractivity contribution in [2.45, 2.75) is 30.6 Å². The van der Waals surface area contributed by atoms with Gasteiger partial charge in [-0.25, -0.2) is 18.9 Å². The van der Waals surface area contributed by atoms with E-state index >= 15 is 4.39 Å². The molecule has 0 spiro atoms. The Morgan fingerprint density at radius 2 is 2.17 bits per heavy atom. The van der Waals surface area contributed by atoms with Crippen LogP contribution in [0.3, 0.4) is 0 Å². The Labute approximate surface area is 169 Å². The van der Waals surface area contributed by atoms with Crippen molar-refractivity contribution in [3.05, 3.63) is 53.2 Å². The first kappa shape index (κ1) is 19.3. The molecular formula is C19H17FN4O4S. The third kappa shape index (κ3) is 3.44. The van der Waals surface area contributed by atoms with Crippen LogP contribution < -0.4 is 0 Å². The largest absolute Gasteiger partial charge is 0.461 e. The van der Waals surface area contributed by atoms with Gasteiger partial charge in [0.2, 0.25) is 5.69 Å². The van der Waals surface area contributed by atoms with Crippen LogP contribution in [0.2, 0.25) is 0 Å². The first-order valence-corrected chi connectivity index (χ1v) is 10.2. The number of benzene rings is 1. The molecule has 0 radical (unpaired) electrons. The predicted molar refractivity (Wildman–Crippen MR) is 101 cm³/mol. The summed E-state index contributed by atoms with van der Waals surface area (Å²) in [6, 6.07) is 2.96. The van der Waals surface area contributed by atoms with Crippen LogP contribution in [-0.2, 0) is 4.74 Å². The van der Waals surface area contributed by atoms with Crippen molar-refractivity contribution in [3.63, 3.8) is 0 Å². The summed E-state index contributed by atoms with van der Waals surface area (Å²) in [5.74, 6) is -1.48. The Balaban J connectivity index is 1.82. The first-order valence-electron chi connectivity index (χ1n) is 8.99. The molecule has 1 aliphatic carbocycles. The second kappa shape index (κ2) is 7.78. The molecule has 8 nitrogen and oxygen atoms in total. The summed E-state index contributed by atoms with van der Waals surface area (Å²) < 4.78 is 26.8. The van der Waals surface area contributed by atoms with E-state index in [1.54, 1.807) is 13.2 Å². The van der Waals surface area contributed by atoms with E-state index in [0.717, 1.165) is 24.6 Å². The van der Waals surface area contributed by atoms with E-state index in [4.69, 9.17) is 9.26 Å². The quantitative estimate of drug-likeness (QED) is 0.328. The van der Waals surface area contributed by atoms with Crippen molar-refractivity contribution < 1.29 is 23.2 Å². The number of hydrogen-bond acceptors (Lipinski definition) is 8. The molecule has 4 rings (SSSR count). The minimum Gasteiger partial charge on any atom is -0.461 e. The highest BCUT2D eigenvalue weighted by molar-refractivity contribution is 7.98. The zero-order chi connectivity index (χ0) is 20.5. The minimum absolute atomic E-state index is 0.0293. The standard InChI is InChI=1S/C19H17FN4O4S/c1-3-27-19(26)15-13(17(28-23-15)10-4-5-10)16(25)11-6-7-12(14(20)18(11)29-2)24-9-21-8-22-24/h6-10H,3-5H2,1-2H3. The van der Waals surface area contributed by atoms with Crippen LogP contribution in [0.4, 0.5) is 4.39 Å². The van der Waals surface area contributed by atoms with Crippen molar-refractivity contribution in [2.75, 3.05) is 12.9 Å². The van der Waals surface area contributed by atoms with Crippen LogP contribution in [-0.4, -0.2) is 44.5 Å². The van der Waals surface area contributed by atoms with Crippen molar-refractivity contribution in [1.82, 2.24) is 19.9 Å². The molecule has 2 heterocycles. The zero-order valence-corrected chi connectivity index (χ0v) is 16.5. The molecule has 3 aromatic rings. The lowest BCUT2D eigenvalue weighted by molar-refractivity contribution is 0.0512. The molecule has 29 heavy (non-hydrogen) atoms. The molecule has 1 fully saturated rings. The maximum Gasteiger partial charge on any atom is 0.361 e. The van der Waals surface area contributed by atoms with E-state index in [9.17, 15) is 9.59 Å². The Bertz CT molecular complexity index is 1080. The van der Waals surface area contributed by atoms with E-state index in [0.29, 0.717) is 5.76 Å². The van der Waals surface area contributed by atoms with Crippen LogP contribution in [0.15, 0.2) is 34.2 Å². The SMILES string of the molecule is CCOC(=O)c1noc(C2CC2)c1C(=O)c1ccc(-n2cncn2)c(F)c1SC. The maximum absolute atomic E-state index is 15.2. The van der Waals surface area contributed by atoms with Gasteiger partial charge in [0.15, 0.2) is 17.4 Å². The molecule has 0 saturated heterocycles. The lowest BCUT2D eigenvalue weighted by Crippen LogP contribution is -2.14. The smallest absolute Gasteiger partial charge is 0.361 e. The van der Waals surface area contributed by atoms with Gasteiger partial charge in [-0.1, -0.05) is 5.16 Å². The molecule has 1 aliphatic rings. The number of hydrogen-bond donors (Lipinski definition) is 0. The van der Waals surface area contributed by atoms with Gasteiger partial charge < -0.3 is 9.26 Å². The average Bonchev–Trinajstić information content (AvgIpc) is 3.24. The van der Waals surface area contributed by atoms with Gasteiger partial charge in [-0.2, -0.15) is 5.10 Å². The molecule has 0 atom stereocenters. The summed E-state index contributed by atoms with van der Waals surface area (Å²) in [6.07, 6.45) is 6.01. The number of rotatable bonds is 7. The topological polar surface area (TPSA) is 100 Å². The molecule has 10 heteroatoms. The molecule has 0 amide bonds. The highest BCUT2D eigenvalue weighted by Gasteiger charge is 2.38. The van der Waals surface area contributed by atoms with Crippen molar-refractivity contribution in [3.8, 4) is 5.69 Å². The van der Waals surface area contributed by atoms with Gasteiger partial charge in [0.1, 0.15) is 23.9 Å². The zero-order valence-electron chi connectivity index (χ0n) is 15.7. The molecule has 0 N–H and O–H groups in total. The number of halogens is 1. The monoisotopic (exact) mass is 416 g/mol. The number of aromatic nitrogens is 4. The van der Waals surface area contributed by atoms with Gasteiger partial charge in [0.25, 0.3) is 0 Å². The highest BCUT2D eigenvalue weighted by Crippen LogP contribution is 2.43. The molecule has 1 saturated carbocycles. The molecule has 0 unspecified atom stereocenters. The number of carbonyl (C=O) groups excluding carboxylic acids is 2. The van der Waals surface area contributed by atoms with Crippen LogP contribution in [0, 0.1) is 5.82 Å². The second-order valence-electron chi connectivity index (χ2n) is 6.41. The van der Waals surface area contributed by atoms with Crippen LogP contribution in [0.1, 0.15) is 57.9 Å².